The molecule has 1 aromatic rings. The molecule has 7 nitrogen and oxygen atoms in total. The van der Waals surface area contributed by atoms with E-state index >= 15 is 0 Å². The lowest BCUT2D eigenvalue weighted by Crippen LogP contribution is -2.51. The minimum Gasteiger partial charge on any atom is -0.481 e. The average molecular weight is 387 g/mol. The van der Waals surface area contributed by atoms with Crippen LogP contribution >= 0.6 is 0 Å². The molecule has 0 bridgehead atoms. The lowest BCUT2D eigenvalue weighted by molar-refractivity contribution is -0.143. The molecule has 152 valence electrons. The molecule has 0 spiro atoms. The van der Waals surface area contributed by atoms with Crippen molar-refractivity contribution in [3.8, 4) is 0 Å². The molecule has 0 aromatic heterocycles. The first-order valence-corrected chi connectivity index (χ1v) is 10.1. The van der Waals surface area contributed by atoms with E-state index in [9.17, 15) is 19.5 Å². The van der Waals surface area contributed by atoms with Gasteiger partial charge < -0.3 is 21.1 Å². The number of nitrogens with one attached hydrogen (secondary N) is 1. The molecule has 1 aliphatic heterocycles. The number of rotatable bonds is 7. The molecule has 4 N–H and O–H groups in total. The van der Waals surface area contributed by atoms with Crippen LogP contribution in [0.3, 0.4) is 0 Å². The Morgan fingerprint density at radius 2 is 1.89 bits per heavy atom. The van der Waals surface area contributed by atoms with Gasteiger partial charge >= 0.3 is 5.97 Å². The maximum Gasteiger partial charge on any atom is 0.308 e. The number of hydrogen-bond acceptors (Lipinski definition) is 4. The Labute approximate surface area is 165 Å². The summed E-state index contributed by atoms with van der Waals surface area (Å²) in [5, 5.41) is 12.2. The summed E-state index contributed by atoms with van der Waals surface area (Å²) in [6, 6.07) is 8.62. The number of aliphatic carboxylic acids is 1. The molecule has 2 aliphatic rings. The van der Waals surface area contributed by atoms with Crippen LogP contribution in [-0.4, -0.2) is 52.5 Å². The Morgan fingerprint density at radius 1 is 1.14 bits per heavy atom. The van der Waals surface area contributed by atoms with Gasteiger partial charge in [0.15, 0.2) is 0 Å². The van der Waals surface area contributed by atoms with Gasteiger partial charge in [0.1, 0.15) is 6.04 Å². The number of benzene rings is 1. The van der Waals surface area contributed by atoms with Gasteiger partial charge in [0.25, 0.3) is 0 Å². The van der Waals surface area contributed by atoms with Gasteiger partial charge in [-0.2, -0.15) is 0 Å². The van der Waals surface area contributed by atoms with Gasteiger partial charge in [0.05, 0.1) is 5.92 Å². The van der Waals surface area contributed by atoms with E-state index < -0.39 is 17.9 Å². The monoisotopic (exact) mass is 387 g/mol. The van der Waals surface area contributed by atoms with Crippen molar-refractivity contribution in [2.75, 3.05) is 6.54 Å². The number of carbonyl (C=O) groups excluding carboxylic acids is 2. The SMILES string of the molecule is N[C@@H](CC(=O)N1CCC[C@H]1C(=O)NC1CCCC1C(=O)O)Cc1ccccc1. The topological polar surface area (TPSA) is 113 Å². The summed E-state index contributed by atoms with van der Waals surface area (Å²) < 4.78 is 0. The Balaban J connectivity index is 1.55. The van der Waals surface area contributed by atoms with Gasteiger partial charge in [-0.05, 0) is 37.7 Å². The van der Waals surface area contributed by atoms with Gasteiger partial charge in [0.2, 0.25) is 11.8 Å². The highest BCUT2D eigenvalue weighted by atomic mass is 16.4. The van der Waals surface area contributed by atoms with Crippen molar-refractivity contribution in [1.82, 2.24) is 10.2 Å². The highest BCUT2D eigenvalue weighted by molar-refractivity contribution is 5.89. The molecular formula is C21H29N3O4. The lowest BCUT2D eigenvalue weighted by Gasteiger charge is -2.27. The van der Waals surface area contributed by atoms with Crippen LogP contribution in [0.15, 0.2) is 30.3 Å². The number of carbonyl (C=O) groups is 3. The van der Waals surface area contributed by atoms with Crippen LogP contribution in [0.2, 0.25) is 0 Å². The molecule has 1 aliphatic carbocycles. The number of carboxylic acid groups (broad SMARTS) is 1. The zero-order valence-corrected chi connectivity index (χ0v) is 16.0. The Morgan fingerprint density at radius 3 is 2.61 bits per heavy atom. The van der Waals surface area contributed by atoms with E-state index in [1.54, 1.807) is 4.90 Å². The summed E-state index contributed by atoms with van der Waals surface area (Å²) in [5.74, 6) is -1.74. The third-order valence-corrected chi connectivity index (χ3v) is 5.81. The number of amides is 2. The zero-order valence-electron chi connectivity index (χ0n) is 16.0. The first kappa shape index (κ1) is 20.3. The number of carboxylic acids is 1. The normalized spacial score (nSPS) is 25.5. The predicted octanol–water partition coefficient (Wildman–Crippen LogP) is 1.31. The smallest absolute Gasteiger partial charge is 0.308 e. The standard InChI is InChI=1S/C21H29N3O4/c22-15(12-14-6-2-1-3-7-14)13-19(25)24-11-5-10-18(24)20(26)23-17-9-4-8-16(17)21(27)28/h1-3,6-7,15-18H,4-5,8-13,22H2,(H,23,26)(H,27,28)/t15-,16?,17?,18+/m1/s1. The summed E-state index contributed by atoms with van der Waals surface area (Å²) in [4.78, 5) is 38.4. The Bertz CT molecular complexity index is 709. The second-order valence-corrected chi connectivity index (χ2v) is 7.89. The second-order valence-electron chi connectivity index (χ2n) is 7.89. The van der Waals surface area contributed by atoms with Crippen molar-refractivity contribution >= 4 is 17.8 Å². The van der Waals surface area contributed by atoms with Gasteiger partial charge in [-0.15, -0.1) is 0 Å². The maximum absolute atomic E-state index is 12.7. The van der Waals surface area contributed by atoms with E-state index in [4.69, 9.17) is 5.73 Å². The fraction of sp³-hybridized carbons (Fsp3) is 0.571. The van der Waals surface area contributed by atoms with Crippen molar-refractivity contribution < 1.29 is 19.5 Å². The first-order valence-electron chi connectivity index (χ1n) is 10.1. The second kappa shape index (κ2) is 9.19. The third kappa shape index (κ3) is 4.90. The highest BCUT2D eigenvalue weighted by Gasteiger charge is 2.39. The van der Waals surface area contributed by atoms with E-state index in [-0.39, 0.29) is 30.3 Å². The highest BCUT2D eigenvalue weighted by Crippen LogP contribution is 2.27. The predicted molar refractivity (Wildman–Crippen MR) is 104 cm³/mol. The largest absolute Gasteiger partial charge is 0.481 e. The summed E-state index contributed by atoms with van der Waals surface area (Å²) in [7, 11) is 0. The molecule has 2 unspecified atom stereocenters. The van der Waals surface area contributed by atoms with E-state index in [1.807, 2.05) is 30.3 Å². The van der Waals surface area contributed by atoms with Gasteiger partial charge in [-0.25, -0.2) is 0 Å². The Kier molecular flexibility index (Phi) is 6.67. The van der Waals surface area contributed by atoms with E-state index in [0.717, 1.165) is 18.4 Å². The van der Waals surface area contributed by atoms with Crippen LogP contribution in [0.4, 0.5) is 0 Å². The van der Waals surface area contributed by atoms with Crippen LogP contribution < -0.4 is 11.1 Å². The van der Waals surface area contributed by atoms with Crippen LogP contribution in [0.5, 0.6) is 0 Å². The maximum atomic E-state index is 12.7. The van der Waals surface area contributed by atoms with Gasteiger partial charge in [-0.1, -0.05) is 36.8 Å². The molecule has 4 atom stereocenters. The van der Waals surface area contributed by atoms with Gasteiger partial charge in [0, 0.05) is 25.0 Å². The molecule has 1 saturated heterocycles. The minimum absolute atomic E-state index is 0.109. The molecule has 2 fully saturated rings. The fourth-order valence-corrected chi connectivity index (χ4v) is 4.38. The number of nitrogens with two attached hydrogens (primary N) is 1. The third-order valence-electron chi connectivity index (χ3n) is 5.81. The zero-order chi connectivity index (χ0) is 20.1. The first-order chi connectivity index (χ1) is 13.5. The molecule has 1 saturated carbocycles. The lowest BCUT2D eigenvalue weighted by atomic mass is 10.0. The number of nitrogens with zero attached hydrogens (tertiary/aromatic N) is 1. The average Bonchev–Trinajstić information content (AvgIpc) is 3.31. The number of likely N-dealkylation sites (tertiary alicyclic amines) is 1. The van der Waals surface area contributed by atoms with E-state index in [2.05, 4.69) is 5.32 Å². The van der Waals surface area contributed by atoms with Crippen molar-refractivity contribution in [3.63, 3.8) is 0 Å². The van der Waals surface area contributed by atoms with Crippen molar-refractivity contribution in [3.05, 3.63) is 35.9 Å². The molecule has 0 radical (unpaired) electrons. The molecule has 7 heteroatoms. The minimum atomic E-state index is -0.867. The summed E-state index contributed by atoms with van der Waals surface area (Å²) >= 11 is 0. The van der Waals surface area contributed by atoms with Crippen molar-refractivity contribution in [2.45, 2.75) is 63.1 Å². The molecule has 1 heterocycles. The van der Waals surface area contributed by atoms with Gasteiger partial charge in [-0.3, -0.25) is 14.4 Å². The van der Waals surface area contributed by atoms with Crippen LogP contribution in [0, 0.1) is 5.92 Å². The summed E-state index contributed by atoms with van der Waals surface area (Å²) in [6.07, 6.45) is 4.23. The van der Waals surface area contributed by atoms with E-state index in [1.165, 1.54) is 0 Å². The quantitative estimate of drug-likeness (QED) is 0.653. The van der Waals surface area contributed by atoms with Crippen molar-refractivity contribution in [1.29, 1.82) is 0 Å². The molecule has 2 amide bonds. The number of hydrogen-bond donors (Lipinski definition) is 3. The summed E-state index contributed by atoms with van der Waals surface area (Å²) in [5.41, 5.74) is 7.25. The van der Waals surface area contributed by atoms with Crippen LogP contribution in [-0.2, 0) is 20.8 Å². The molecular weight excluding hydrogens is 358 g/mol. The Hall–Kier alpha value is -2.41. The van der Waals surface area contributed by atoms with Crippen LogP contribution in [0.1, 0.15) is 44.1 Å². The van der Waals surface area contributed by atoms with Crippen molar-refractivity contribution in [2.24, 2.45) is 11.7 Å². The molecule has 1 aromatic carbocycles. The summed E-state index contributed by atoms with van der Waals surface area (Å²) in [6.45, 7) is 0.544. The molecule has 28 heavy (non-hydrogen) atoms. The van der Waals surface area contributed by atoms with E-state index in [0.29, 0.717) is 32.2 Å². The van der Waals surface area contributed by atoms with Crippen LogP contribution in [0.25, 0.3) is 0 Å². The fourth-order valence-electron chi connectivity index (χ4n) is 4.38. The molecule has 3 rings (SSSR count).